The summed E-state index contributed by atoms with van der Waals surface area (Å²) >= 11 is 0. The number of ether oxygens (including phenoxy) is 1. The van der Waals surface area contributed by atoms with Crippen LogP contribution in [0.5, 0.6) is 0 Å². The van der Waals surface area contributed by atoms with E-state index in [0.717, 1.165) is 54.6 Å². The summed E-state index contributed by atoms with van der Waals surface area (Å²) in [5.74, 6) is -0.418. The Balaban J connectivity index is 2.05. The van der Waals surface area contributed by atoms with Crippen molar-refractivity contribution in [2.45, 2.75) is 25.2 Å². The van der Waals surface area contributed by atoms with Gasteiger partial charge in [-0.05, 0) is 37.9 Å². The molecule has 2 aromatic rings. The summed E-state index contributed by atoms with van der Waals surface area (Å²) in [4.78, 5) is 19.1. The van der Waals surface area contributed by atoms with E-state index in [4.69, 9.17) is 4.74 Å². The maximum Gasteiger partial charge on any atom is 0.320 e. The third kappa shape index (κ3) is 2.34. The second-order valence-electron chi connectivity index (χ2n) is 7.38. The third-order valence-electron chi connectivity index (χ3n) is 6.29. The van der Waals surface area contributed by atoms with Crippen LogP contribution >= 0.6 is 0 Å². The molecule has 1 saturated heterocycles. The van der Waals surface area contributed by atoms with Gasteiger partial charge in [0.1, 0.15) is 5.41 Å². The molecule has 26 heavy (non-hydrogen) atoms. The number of methoxy groups -OCH3 is 1. The number of benzene rings is 1. The average molecular weight is 354 g/mol. The topological polar surface area (TPSA) is 65.6 Å². The van der Waals surface area contributed by atoms with Crippen LogP contribution in [0.1, 0.15) is 24.6 Å². The summed E-state index contributed by atoms with van der Waals surface area (Å²) in [6.07, 6.45) is 3.80. The summed E-state index contributed by atoms with van der Waals surface area (Å²) < 4.78 is 5.26. The second-order valence-corrected chi connectivity index (χ2v) is 7.38. The number of carbonyl (C=O) groups is 1. The Hall–Kier alpha value is -2.11. The zero-order chi connectivity index (χ0) is 18.3. The Labute approximate surface area is 153 Å². The molecule has 0 saturated carbocycles. The molecule has 0 amide bonds. The predicted molar refractivity (Wildman–Crippen MR) is 101 cm³/mol. The van der Waals surface area contributed by atoms with Crippen molar-refractivity contribution >= 4 is 16.9 Å². The third-order valence-corrected chi connectivity index (χ3v) is 6.29. The van der Waals surface area contributed by atoms with Crippen LogP contribution in [0.2, 0.25) is 0 Å². The molecular formula is C21H26N2O3. The van der Waals surface area contributed by atoms with Gasteiger partial charge in [-0.3, -0.25) is 9.69 Å². The minimum atomic E-state index is -1.08. The summed E-state index contributed by atoms with van der Waals surface area (Å²) in [6.45, 7) is 4.49. The largest absolute Gasteiger partial charge is 0.468 e. The van der Waals surface area contributed by atoms with Gasteiger partial charge in [0, 0.05) is 35.6 Å². The van der Waals surface area contributed by atoms with E-state index in [0.29, 0.717) is 0 Å². The Morgan fingerprint density at radius 3 is 2.96 bits per heavy atom. The number of para-hydroxylation sites is 1. The zero-order valence-corrected chi connectivity index (χ0v) is 15.4. The van der Waals surface area contributed by atoms with E-state index >= 15 is 0 Å². The molecule has 3 aliphatic rings. The molecule has 1 aromatic heterocycles. The number of aromatic amines is 1. The summed E-state index contributed by atoms with van der Waals surface area (Å²) in [7, 11) is 1.42. The number of aromatic nitrogens is 1. The SMILES string of the molecule is C/C=C1/CN2CCc3c([nH]c4ccccc34)[C@@](CO)(C(=O)OC)C1CC2. The highest BCUT2D eigenvalue weighted by Gasteiger charge is 2.53. The van der Waals surface area contributed by atoms with E-state index in [1.165, 1.54) is 12.7 Å². The number of rotatable bonds is 2. The highest BCUT2D eigenvalue weighted by molar-refractivity contribution is 5.91. The van der Waals surface area contributed by atoms with Gasteiger partial charge >= 0.3 is 5.97 Å². The summed E-state index contributed by atoms with van der Waals surface area (Å²) in [5, 5.41) is 11.7. The van der Waals surface area contributed by atoms with Crippen LogP contribution in [0.4, 0.5) is 0 Å². The molecule has 138 valence electrons. The van der Waals surface area contributed by atoms with Crippen LogP contribution in [0.3, 0.4) is 0 Å². The lowest BCUT2D eigenvalue weighted by atomic mass is 9.66. The van der Waals surface area contributed by atoms with E-state index in [1.807, 2.05) is 25.1 Å². The van der Waals surface area contributed by atoms with Crippen molar-refractivity contribution in [3.8, 4) is 0 Å². The molecule has 5 nitrogen and oxygen atoms in total. The van der Waals surface area contributed by atoms with Crippen molar-refractivity contribution in [1.29, 1.82) is 0 Å². The molecule has 0 radical (unpaired) electrons. The smallest absolute Gasteiger partial charge is 0.320 e. The number of H-pyrrole nitrogens is 1. The van der Waals surface area contributed by atoms with Crippen LogP contribution in [0.15, 0.2) is 35.9 Å². The average Bonchev–Trinajstić information content (AvgIpc) is 3.09. The number of nitrogens with one attached hydrogen (secondary N) is 1. The number of aliphatic hydroxyl groups excluding tert-OH is 1. The second kappa shape index (κ2) is 6.56. The molecule has 4 heterocycles. The van der Waals surface area contributed by atoms with Gasteiger partial charge in [0.15, 0.2) is 0 Å². The molecule has 0 aliphatic carbocycles. The standard InChI is InChI=1S/C21H26N2O3/c1-3-14-12-23-10-8-16-15-6-4-5-7-18(15)22-19(16)21(13-24,20(25)26-2)17(14)9-11-23/h3-7,17,22,24H,8-13H2,1-2H3/b14-3-/t17?,21-/m0/s1. The first-order chi connectivity index (χ1) is 12.7. The molecule has 3 atom stereocenters. The van der Waals surface area contributed by atoms with Gasteiger partial charge in [-0.2, -0.15) is 0 Å². The van der Waals surface area contributed by atoms with Gasteiger partial charge in [-0.15, -0.1) is 0 Å². The molecule has 5 rings (SSSR count). The van der Waals surface area contributed by atoms with Crippen molar-refractivity contribution in [3.63, 3.8) is 0 Å². The van der Waals surface area contributed by atoms with Crippen LogP contribution in [-0.2, 0) is 21.4 Å². The minimum Gasteiger partial charge on any atom is -0.468 e. The van der Waals surface area contributed by atoms with E-state index < -0.39 is 5.41 Å². The van der Waals surface area contributed by atoms with Crippen LogP contribution in [-0.4, -0.2) is 54.3 Å². The first kappa shape index (κ1) is 17.3. The Morgan fingerprint density at radius 2 is 2.23 bits per heavy atom. The fourth-order valence-electron chi connectivity index (χ4n) is 4.96. The van der Waals surface area contributed by atoms with Crippen molar-refractivity contribution in [1.82, 2.24) is 9.88 Å². The fourth-order valence-corrected chi connectivity index (χ4v) is 4.96. The number of piperidine rings is 1. The van der Waals surface area contributed by atoms with Crippen LogP contribution in [0, 0.1) is 5.92 Å². The predicted octanol–water partition coefficient (Wildman–Crippen LogP) is 2.40. The number of hydrogen-bond donors (Lipinski definition) is 2. The number of aliphatic hydroxyl groups is 1. The zero-order valence-electron chi connectivity index (χ0n) is 15.4. The van der Waals surface area contributed by atoms with Crippen LogP contribution in [0.25, 0.3) is 10.9 Å². The van der Waals surface area contributed by atoms with Gasteiger partial charge in [-0.1, -0.05) is 29.8 Å². The Morgan fingerprint density at radius 1 is 1.42 bits per heavy atom. The van der Waals surface area contributed by atoms with E-state index in [9.17, 15) is 9.90 Å². The molecule has 5 heteroatoms. The van der Waals surface area contributed by atoms with Crippen molar-refractivity contribution < 1.29 is 14.6 Å². The van der Waals surface area contributed by atoms with Gasteiger partial charge in [0.05, 0.1) is 13.7 Å². The quantitative estimate of drug-likeness (QED) is 0.642. The van der Waals surface area contributed by atoms with E-state index in [1.54, 1.807) is 0 Å². The highest BCUT2D eigenvalue weighted by atomic mass is 16.5. The summed E-state index contributed by atoms with van der Waals surface area (Å²) in [5.41, 5.74) is 3.10. The van der Waals surface area contributed by atoms with E-state index in [2.05, 4.69) is 22.0 Å². The van der Waals surface area contributed by atoms with E-state index in [-0.39, 0.29) is 18.5 Å². The van der Waals surface area contributed by atoms with Crippen molar-refractivity contribution in [3.05, 3.63) is 47.2 Å². The molecule has 2 bridgehead atoms. The maximum atomic E-state index is 13.1. The van der Waals surface area contributed by atoms with Crippen LogP contribution < -0.4 is 0 Å². The lowest BCUT2D eigenvalue weighted by molar-refractivity contribution is -0.152. The molecule has 1 fully saturated rings. The number of esters is 1. The maximum absolute atomic E-state index is 13.1. The molecule has 1 aromatic carbocycles. The molecule has 3 aliphatic heterocycles. The Kier molecular flexibility index (Phi) is 4.37. The van der Waals surface area contributed by atoms with Gasteiger partial charge < -0.3 is 14.8 Å². The lowest BCUT2D eigenvalue weighted by Crippen LogP contribution is -2.52. The molecule has 2 unspecified atom stereocenters. The monoisotopic (exact) mass is 354 g/mol. The first-order valence-corrected chi connectivity index (χ1v) is 9.32. The number of fused-ring (bicyclic) bond motifs is 4. The number of hydrogen-bond acceptors (Lipinski definition) is 4. The summed E-state index contributed by atoms with van der Waals surface area (Å²) in [6, 6.07) is 8.14. The lowest BCUT2D eigenvalue weighted by Gasteiger charge is -2.42. The van der Waals surface area contributed by atoms with Gasteiger partial charge in [-0.25, -0.2) is 0 Å². The van der Waals surface area contributed by atoms with Gasteiger partial charge in [0.25, 0.3) is 0 Å². The number of nitrogens with zero attached hydrogens (tertiary/aromatic N) is 1. The first-order valence-electron chi connectivity index (χ1n) is 9.32. The molecule has 0 spiro atoms. The van der Waals surface area contributed by atoms with Gasteiger partial charge in [0.2, 0.25) is 0 Å². The Bertz CT molecular complexity index is 869. The molecular weight excluding hydrogens is 328 g/mol. The highest BCUT2D eigenvalue weighted by Crippen LogP contribution is 2.45. The normalized spacial score (nSPS) is 29.9. The van der Waals surface area contributed by atoms with Crippen molar-refractivity contribution in [2.75, 3.05) is 33.4 Å². The van der Waals surface area contributed by atoms with Crippen molar-refractivity contribution in [2.24, 2.45) is 5.92 Å². The number of allylic oxidation sites excluding steroid dienone is 1. The molecule has 2 N–H and O–H groups in total. The number of carbonyl (C=O) groups excluding carboxylic acids is 1. The minimum absolute atomic E-state index is 0.0638. The fraction of sp³-hybridized carbons (Fsp3) is 0.476.